The van der Waals surface area contributed by atoms with Crippen LogP contribution in [0.3, 0.4) is 0 Å². The zero-order valence-electron chi connectivity index (χ0n) is 13.4. The quantitative estimate of drug-likeness (QED) is 0.480. The molecule has 4 aromatic rings. The molecule has 0 N–H and O–H groups in total. The molecule has 26 heavy (non-hydrogen) atoms. The Morgan fingerprint density at radius 3 is 2.62 bits per heavy atom. The first-order chi connectivity index (χ1) is 12.4. The molecule has 0 aliphatic carbocycles. The Balaban J connectivity index is 2.04. The number of pyridine rings is 2. The lowest BCUT2D eigenvalue weighted by Crippen LogP contribution is -2.06. The molecule has 132 valence electrons. The van der Waals surface area contributed by atoms with Gasteiger partial charge in [-0.3, -0.25) is 9.38 Å². The average Bonchev–Trinajstić information content (AvgIpc) is 2.99. The Bertz CT molecular complexity index is 1140. The van der Waals surface area contributed by atoms with Crippen molar-refractivity contribution in [2.24, 2.45) is 0 Å². The number of hydrogen-bond donors (Lipinski definition) is 0. The highest BCUT2D eigenvalue weighted by atomic mass is 35.5. The van der Waals surface area contributed by atoms with E-state index in [1.54, 1.807) is 30.6 Å². The maximum absolute atomic E-state index is 13.3. The molecule has 0 radical (unpaired) electrons. The number of imidazole rings is 1. The van der Waals surface area contributed by atoms with Gasteiger partial charge in [-0.2, -0.15) is 13.2 Å². The predicted molar refractivity (Wildman–Crippen MR) is 92.5 cm³/mol. The van der Waals surface area contributed by atoms with Gasteiger partial charge >= 0.3 is 6.18 Å². The molecule has 0 amide bonds. The molecule has 0 fully saturated rings. The third-order valence-corrected chi connectivity index (χ3v) is 4.45. The van der Waals surface area contributed by atoms with Crippen molar-refractivity contribution >= 4 is 28.0 Å². The summed E-state index contributed by atoms with van der Waals surface area (Å²) in [5, 5.41) is 1.33. The van der Waals surface area contributed by atoms with Crippen LogP contribution < -0.4 is 4.74 Å². The molecule has 0 atom stereocenters. The van der Waals surface area contributed by atoms with E-state index in [0.717, 1.165) is 10.8 Å². The molecule has 4 nitrogen and oxygen atoms in total. The maximum atomic E-state index is 13.3. The molecule has 0 aliphatic heterocycles. The van der Waals surface area contributed by atoms with E-state index >= 15 is 0 Å². The minimum absolute atomic E-state index is 0.0113. The number of benzene rings is 1. The Morgan fingerprint density at radius 2 is 1.88 bits per heavy atom. The lowest BCUT2D eigenvalue weighted by Gasteiger charge is -2.10. The summed E-state index contributed by atoms with van der Waals surface area (Å²) in [6, 6.07) is 10.6. The number of nitrogens with zero attached hydrogens (tertiary/aromatic N) is 3. The van der Waals surface area contributed by atoms with Crippen LogP contribution in [0, 0.1) is 0 Å². The monoisotopic (exact) mass is 377 g/mol. The van der Waals surface area contributed by atoms with Gasteiger partial charge in [0.1, 0.15) is 5.15 Å². The Labute approximate surface area is 150 Å². The predicted octanol–water partition coefficient (Wildman–Crippen LogP) is 5.23. The topological polar surface area (TPSA) is 39.4 Å². The minimum atomic E-state index is -4.67. The average molecular weight is 378 g/mol. The number of ether oxygens (including phenoxy) is 1. The zero-order valence-corrected chi connectivity index (χ0v) is 14.1. The molecule has 0 aliphatic rings. The van der Waals surface area contributed by atoms with Gasteiger partial charge in [-0.15, -0.1) is 0 Å². The van der Waals surface area contributed by atoms with Gasteiger partial charge in [0.05, 0.1) is 12.8 Å². The van der Waals surface area contributed by atoms with Crippen LogP contribution in [0.25, 0.3) is 27.7 Å². The first kappa shape index (κ1) is 16.7. The maximum Gasteiger partial charge on any atom is 0.436 e. The van der Waals surface area contributed by atoms with Crippen molar-refractivity contribution in [2.75, 3.05) is 7.11 Å². The van der Waals surface area contributed by atoms with Crippen LogP contribution >= 0.6 is 11.6 Å². The first-order valence-electron chi connectivity index (χ1n) is 7.56. The SMILES string of the molecule is COc1ccc(-c2ccc3cnccc3c2)n2c(Cl)c(C(F)(F)F)nc12. The van der Waals surface area contributed by atoms with Gasteiger partial charge in [-0.05, 0) is 35.2 Å². The molecule has 0 bridgehead atoms. The number of halogens is 4. The van der Waals surface area contributed by atoms with Crippen LogP contribution in [0.1, 0.15) is 5.69 Å². The smallest absolute Gasteiger partial charge is 0.436 e. The van der Waals surface area contributed by atoms with Crippen LogP contribution in [-0.2, 0) is 6.18 Å². The van der Waals surface area contributed by atoms with Crippen LogP contribution in [0.4, 0.5) is 13.2 Å². The van der Waals surface area contributed by atoms with Crippen molar-refractivity contribution in [1.82, 2.24) is 14.4 Å². The fourth-order valence-electron chi connectivity index (χ4n) is 2.90. The summed E-state index contributed by atoms with van der Waals surface area (Å²) in [4.78, 5) is 7.73. The molecule has 1 aromatic carbocycles. The second-order valence-corrected chi connectivity index (χ2v) is 5.99. The number of alkyl halides is 3. The largest absolute Gasteiger partial charge is 0.493 e. The minimum Gasteiger partial charge on any atom is -0.493 e. The van der Waals surface area contributed by atoms with Crippen molar-refractivity contribution in [1.29, 1.82) is 0 Å². The molecular weight excluding hydrogens is 367 g/mol. The Morgan fingerprint density at radius 1 is 1.08 bits per heavy atom. The lowest BCUT2D eigenvalue weighted by atomic mass is 10.1. The normalized spacial score (nSPS) is 12.0. The summed E-state index contributed by atoms with van der Waals surface area (Å²) in [6.07, 6.45) is -1.29. The van der Waals surface area contributed by atoms with Crippen LogP contribution in [0.5, 0.6) is 5.75 Å². The third-order valence-electron chi connectivity index (χ3n) is 4.10. The second-order valence-electron chi connectivity index (χ2n) is 5.63. The molecule has 3 heterocycles. The van der Waals surface area contributed by atoms with Gasteiger partial charge in [-0.25, -0.2) is 4.98 Å². The summed E-state index contributed by atoms with van der Waals surface area (Å²) < 4.78 is 46.2. The summed E-state index contributed by atoms with van der Waals surface area (Å²) in [5.41, 5.74) is 0.0453. The number of methoxy groups -OCH3 is 1. The zero-order chi connectivity index (χ0) is 18.5. The van der Waals surface area contributed by atoms with Gasteiger partial charge < -0.3 is 4.74 Å². The van der Waals surface area contributed by atoms with E-state index in [2.05, 4.69) is 9.97 Å². The van der Waals surface area contributed by atoms with Crippen molar-refractivity contribution in [2.45, 2.75) is 6.18 Å². The number of aromatic nitrogens is 3. The summed E-state index contributed by atoms with van der Waals surface area (Å²) in [7, 11) is 1.37. The van der Waals surface area contributed by atoms with Gasteiger partial charge in [0.15, 0.2) is 17.1 Å². The van der Waals surface area contributed by atoms with Crippen molar-refractivity contribution in [3.63, 3.8) is 0 Å². The van der Waals surface area contributed by atoms with E-state index in [0.29, 0.717) is 11.3 Å². The Hall–Kier alpha value is -2.80. The van der Waals surface area contributed by atoms with E-state index in [9.17, 15) is 13.2 Å². The molecule has 0 saturated heterocycles. The number of rotatable bonds is 2. The highest BCUT2D eigenvalue weighted by Crippen LogP contribution is 2.39. The summed E-state index contributed by atoms with van der Waals surface area (Å²) >= 11 is 6.06. The number of fused-ring (bicyclic) bond motifs is 2. The molecule has 3 aromatic heterocycles. The van der Waals surface area contributed by atoms with E-state index in [1.165, 1.54) is 11.5 Å². The summed E-state index contributed by atoms with van der Waals surface area (Å²) in [5.74, 6) is 0.205. The van der Waals surface area contributed by atoms with E-state index in [4.69, 9.17) is 16.3 Å². The van der Waals surface area contributed by atoms with Crippen LogP contribution in [0.2, 0.25) is 5.15 Å². The van der Waals surface area contributed by atoms with Crippen LogP contribution in [-0.4, -0.2) is 21.5 Å². The van der Waals surface area contributed by atoms with E-state index in [-0.39, 0.29) is 11.4 Å². The molecule has 4 rings (SSSR count). The first-order valence-corrected chi connectivity index (χ1v) is 7.94. The highest BCUT2D eigenvalue weighted by molar-refractivity contribution is 6.30. The lowest BCUT2D eigenvalue weighted by molar-refractivity contribution is -0.140. The molecule has 8 heteroatoms. The van der Waals surface area contributed by atoms with Gasteiger partial charge in [0, 0.05) is 17.8 Å². The molecule has 0 unspecified atom stereocenters. The van der Waals surface area contributed by atoms with Gasteiger partial charge in [0.2, 0.25) is 0 Å². The van der Waals surface area contributed by atoms with Gasteiger partial charge in [-0.1, -0.05) is 23.7 Å². The van der Waals surface area contributed by atoms with Crippen LogP contribution in [0.15, 0.2) is 48.8 Å². The fourth-order valence-corrected chi connectivity index (χ4v) is 3.22. The molecule has 0 spiro atoms. The molecule has 0 saturated carbocycles. The van der Waals surface area contributed by atoms with Crippen molar-refractivity contribution in [3.05, 3.63) is 59.6 Å². The Kier molecular flexibility index (Phi) is 3.77. The second kappa shape index (κ2) is 5.88. The number of hydrogen-bond acceptors (Lipinski definition) is 3. The van der Waals surface area contributed by atoms with E-state index < -0.39 is 17.0 Å². The summed E-state index contributed by atoms with van der Waals surface area (Å²) in [6.45, 7) is 0. The molecular formula is C18H11ClF3N3O. The van der Waals surface area contributed by atoms with Crippen molar-refractivity contribution < 1.29 is 17.9 Å². The van der Waals surface area contributed by atoms with Crippen molar-refractivity contribution in [3.8, 4) is 17.0 Å². The van der Waals surface area contributed by atoms with E-state index in [1.807, 2.05) is 18.2 Å². The highest BCUT2D eigenvalue weighted by Gasteiger charge is 2.38. The third kappa shape index (κ3) is 2.55. The van der Waals surface area contributed by atoms with Gasteiger partial charge in [0.25, 0.3) is 0 Å². The fraction of sp³-hybridized carbons (Fsp3) is 0.111. The standard InChI is InChI=1S/C18H11ClF3N3O/c1-26-14-5-4-13(11-2-3-12-9-23-7-6-10(12)8-11)25-16(19)15(18(20,21)22)24-17(14)25/h2-9H,1H3.